The maximum Gasteiger partial charge on any atom is 0.250 e. The molecule has 6 rings (SSSR count). The Hall–Kier alpha value is -3.22. The van der Waals surface area contributed by atoms with Gasteiger partial charge in [0.15, 0.2) is 0 Å². The molecule has 0 unspecified atom stereocenters. The van der Waals surface area contributed by atoms with Crippen molar-refractivity contribution in [2.24, 2.45) is 5.10 Å². The molecule has 0 spiro atoms. The molecule has 1 aliphatic carbocycles. The number of nitrogens with zero attached hydrogens (tertiary/aromatic N) is 6. The molecule has 1 aromatic heterocycles. The van der Waals surface area contributed by atoms with E-state index < -0.39 is 0 Å². The molecular formula is C27H33N7. The lowest BCUT2D eigenvalue weighted by atomic mass is 9.98. The highest BCUT2D eigenvalue weighted by molar-refractivity contribution is 6.11. The molecule has 3 aromatic rings. The van der Waals surface area contributed by atoms with Crippen molar-refractivity contribution >= 4 is 34.3 Å². The highest BCUT2D eigenvalue weighted by Crippen LogP contribution is 2.33. The first kappa shape index (κ1) is 21.3. The third kappa shape index (κ3) is 4.08. The van der Waals surface area contributed by atoms with E-state index in [0.717, 1.165) is 62.2 Å². The predicted octanol–water partition coefficient (Wildman–Crippen LogP) is 4.94. The molecule has 176 valence electrons. The molecule has 0 amide bonds. The molecule has 2 aromatic carbocycles. The van der Waals surface area contributed by atoms with Crippen LogP contribution in [0.25, 0.3) is 10.8 Å². The van der Waals surface area contributed by atoms with E-state index in [2.05, 4.69) is 52.5 Å². The zero-order valence-corrected chi connectivity index (χ0v) is 20.1. The second-order valence-electron chi connectivity index (χ2n) is 9.78. The van der Waals surface area contributed by atoms with Crippen molar-refractivity contribution in [2.75, 3.05) is 41.4 Å². The summed E-state index contributed by atoms with van der Waals surface area (Å²) in [4.78, 5) is 19.0. The zero-order valence-electron chi connectivity index (χ0n) is 20.1. The minimum Gasteiger partial charge on any atom is -0.341 e. The third-order valence-corrected chi connectivity index (χ3v) is 7.48. The van der Waals surface area contributed by atoms with Crippen LogP contribution in [-0.4, -0.2) is 46.8 Å². The summed E-state index contributed by atoms with van der Waals surface area (Å²) in [5.41, 5.74) is 8.19. The number of hydrogen-bond acceptors (Lipinski definition) is 7. The van der Waals surface area contributed by atoms with Gasteiger partial charge in [0.05, 0.1) is 5.71 Å². The number of aryl methyl sites for hydroxylation is 2. The lowest BCUT2D eigenvalue weighted by molar-refractivity contribution is 0.556. The maximum atomic E-state index is 4.87. The molecule has 1 N–H and O–H groups in total. The van der Waals surface area contributed by atoms with Crippen molar-refractivity contribution < 1.29 is 0 Å². The largest absolute Gasteiger partial charge is 0.341 e. The van der Waals surface area contributed by atoms with Crippen molar-refractivity contribution in [3.8, 4) is 0 Å². The van der Waals surface area contributed by atoms with Gasteiger partial charge >= 0.3 is 0 Å². The Balaban J connectivity index is 1.32. The van der Waals surface area contributed by atoms with E-state index in [1.165, 1.54) is 60.4 Å². The summed E-state index contributed by atoms with van der Waals surface area (Å²) in [6.07, 6.45) is 9.59. The van der Waals surface area contributed by atoms with Gasteiger partial charge in [-0.3, -0.25) is 0 Å². The smallest absolute Gasteiger partial charge is 0.250 e. The van der Waals surface area contributed by atoms with Crippen molar-refractivity contribution in [3.63, 3.8) is 0 Å². The van der Waals surface area contributed by atoms with Gasteiger partial charge in [-0.25, -0.2) is 5.43 Å². The third-order valence-electron chi connectivity index (χ3n) is 7.48. The Kier molecular flexibility index (Phi) is 5.77. The van der Waals surface area contributed by atoms with Crippen LogP contribution in [0.2, 0.25) is 0 Å². The molecular weight excluding hydrogens is 422 g/mol. The zero-order chi connectivity index (χ0) is 22.9. The van der Waals surface area contributed by atoms with Gasteiger partial charge in [-0.15, -0.1) is 0 Å². The SMILES string of the molecule is C/C(=N\Nc1nc(N2CCCCC2)nc(N2CCCCC2)n1)c1ccc2c3c(cccc13)CC2. The van der Waals surface area contributed by atoms with Crippen LogP contribution < -0.4 is 15.2 Å². The fourth-order valence-electron chi connectivity index (χ4n) is 5.63. The highest BCUT2D eigenvalue weighted by Gasteiger charge is 2.21. The number of hydrazone groups is 1. The Labute approximate surface area is 201 Å². The molecule has 7 heteroatoms. The molecule has 3 heterocycles. The highest BCUT2D eigenvalue weighted by atomic mass is 15.4. The molecule has 2 fully saturated rings. The molecule has 0 bridgehead atoms. The van der Waals surface area contributed by atoms with Gasteiger partial charge in [0.2, 0.25) is 17.8 Å². The van der Waals surface area contributed by atoms with E-state index in [1.54, 1.807) is 0 Å². The van der Waals surface area contributed by atoms with Crippen LogP contribution in [0.3, 0.4) is 0 Å². The van der Waals surface area contributed by atoms with Crippen LogP contribution in [0.15, 0.2) is 35.4 Å². The van der Waals surface area contributed by atoms with Gasteiger partial charge in [-0.2, -0.15) is 20.1 Å². The van der Waals surface area contributed by atoms with E-state index in [4.69, 9.17) is 20.1 Å². The molecule has 2 saturated heterocycles. The molecule has 2 aliphatic heterocycles. The monoisotopic (exact) mass is 455 g/mol. The minimum absolute atomic E-state index is 0.529. The first-order chi connectivity index (χ1) is 16.8. The number of piperidine rings is 2. The van der Waals surface area contributed by atoms with Crippen molar-refractivity contribution in [1.29, 1.82) is 0 Å². The molecule has 0 saturated carbocycles. The number of benzene rings is 2. The summed E-state index contributed by atoms with van der Waals surface area (Å²) in [6, 6.07) is 11.1. The van der Waals surface area contributed by atoms with E-state index in [-0.39, 0.29) is 0 Å². The first-order valence-electron chi connectivity index (χ1n) is 12.9. The average molecular weight is 456 g/mol. The van der Waals surface area contributed by atoms with E-state index in [1.807, 2.05) is 0 Å². The number of rotatable bonds is 5. The van der Waals surface area contributed by atoms with Gasteiger partial charge < -0.3 is 9.80 Å². The Bertz CT molecular complexity index is 1180. The second-order valence-corrected chi connectivity index (χ2v) is 9.78. The molecule has 0 radical (unpaired) electrons. The van der Waals surface area contributed by atoms with Crippen LogP contribution >= 0.6 is 0 Å². The summed E-state index contributed by atoms with van der Waals surface area (Å²) < 4.78 is 0. The quantitative estimate of drug-likeness (QED) is 0.434. The van der Waals surface area contributed by atoms with E-state index in [0.29, 0.717) is 5.95 Å². The predicted molar refractivity (Wildman–Crippen MR) is 139 cm³/mol. The Morgan fingerprint density at radius 2 is 1.38 bits per heavy atom. The fraction of sp³-hybridized carbons (Fsp3) is 0.481. The summed E-state index contributed by atoms with van der Waals surface area (Å²) in [7, 11) is 0. The molecule has 0 atom stereocenters. The standard InChI is InChI=1S/C27H33N7/c1-19(22-14-13-21-12-11-20-9-8-10-23(22)24(20)21)31-32-25-28-26(33-15-4-2-5-16-33)30-27(29-25)34-17-6-3-7-18-34/h8-10,13-14H,2-7,11-12,15-18H2,1H3,(H,28,29,30,32)/b31-19+. The number of anilines is 3. The summed E-state index contributed by atoms with van der Waals surface area (Å²) in [6.45, 7) is 6.08. The Morgan fingerprint density at radius 3 is 2.03 bits per heavy atom. The first-order valence-corrected chi connectivity index (χ1v) is 12.9. The van der Waals surface area contributed by atoms with E-state index in [9.17, 15) is 0 Å². The van der Waals surface area contributed by atoms with Crippen molar-refractivity contribution in [3.05, 3.63) is 47.0 Å². The summed E-state index contributed by atoms with van der Waals surface area (Å²) in [5, 5.41) is 7.44. The number of nitrogens with one attached hydrogen (secondary N) is 1. The molecule has 34 heavy (non-hydrogen) atoms. The second kappa shape index (κ2) is 9.20. The van der Waals surface area contributed by atoms with Gasteiger partial charge in [-0.05, 0) is 80.2 Å². The fourth-order valence-corrected chi connectivity index (χ4v) is 5.63. The topological polar surface area (TPSA) is 69.5 Å². The van der Waals surface area contributed by atoms with Gasteiger partial charge in [0, 0.05) is 31.7 Å². The van der Waals surface area contributed by atoms with E-state index >= 15 is 0 Å². The molecule has 7 nitrogen and oxygen atoms in total. The normalized spacial score (nSPS) is 18.6. The van der Waals surface area contributed by atoms with Crippen LogP contribution in [0.5, 0.6) is 0 Å². The summed E-state index contributed by atoms with van der Waals surface area (Å²) in [5.74, 6) is 2.08. The van der Waals surface area contributed by atoms with Crippen LogP contribution in [0, 0.1) is 0 Å². The van der Waals surface area contributed by atoms with Crippen molar-refractivity contribution in [1.82, 2.24) is 15.0 Å². The van der Waals surface area contributed by atoms with Gasteiger partial charge in [-0.1, -0.05) is 30.3 Å². The van der Waals surface area contributed by atoms with Crippen molar-refractivity contribution in [2.45, 2.75) is 58.3 Å². The number of aromatic nitrogens is 3. The lowest BCUT2D eigenvalue weighted by Gasteiger charge is -2.30. The maximum absolute atomic E-state index is 4.87. The molecule has 3 aliphatic rings. The van der Waals surface area contributed by atoms with Crippen LogP contribution in [-0.2, 0) is 12.8 Å². The van der Waals surface area contributed by atoms with Gasteiger partial charge in [0.1, 0.15) is 0 Å². The van der Waals surface area contributed by atoms with Crippen LogP contribution in [0.4, 0.5) is 17.8 Å². The summed E-state index contributed by atoms with van der Waals surface area (Å²) >= 11 is 0. The minimum atomic E-state index is 0.529. The number of hydrogen-bond donors (Lipinski definition) is 1. The van der Waals surface area contributed by atoms with Gasteiger partial charge in [0.25, 0.3) is 0 Å². The average Bonchev–Trinajstić information content (AvgIpc) is 3.33. The Morgan fingerprint density at radius 1 is 0.765 bits per heavy atom. The van der Waals surface area contributed by atoms with Crippen LogP contribution in [0.1, 0.15) is 62.1 Å². The lowest BCUT2D eigenvalue weighted by Crippen LogP contribution is -2.34.